The van der Waals surface area contributed by atoms with E-state index in [2.05, 4.69) is 37.7 Å². The second-order valence-electron chi connectivity index (χ2n) is 4.49. The Hall–Kier alpha value is -0.430. The Kier molecular flexibility index (Phi) is 2.97. The minimum Gasteiger partial charge on any atom is -0.472 e. The molecule has 3 aliphatic rings. The number of aromatic nitrogens is 2. The molecule has 0 amide bonds. The van der Waals surface area contributed by atoms with Gasteiger partial charge in [-0.2, -0.15) is 0 Å². The van der Waals surface area contributed by atoms with E-state index in [1.807, 2.05) is 12.1 Å². The van der Waals surface area contributed by atoms with Crippen LogP contribution in [0.4, 0.5) is 0 Å². The van der Waals surface area contributed by atoms with E-state index in [1.165, 1.54) is 25.9 Å². The van der Waals surface area contributed by atoms with Crippen molar-refractivity contribution < 1.29 is 4.74 Å². The highest BCUT2D eigenvalue weighted by molar-refractivity contribution is 14.1. The monoisotopic (exact) mass is 331 g/mol. The van der Waals surface area contributed by atoms with Crippen LogP contribution in [-0.4, -0.2) is 40.8 Å². The molecule has 0 aliphatic carbocycles. The quantitative estimate of drug-likeness (QED) is 0.771. The van der Waals surface area contributed by atoms with Gasteiger partial charge in [0.05, 0.1) is 0 Å². The highest BCUT2D eigenvalue weighted by Gasteiger charge is 2.35. The molecule has 4 heterocycles. The Balaban J connectivity index is 1.68. The van der Waals surface area contributed by atoms with Gasteiger partial charge in [0.15, 0.2) is 0 Å². The van der Waals surface area contributed by atoms with Crippen LogP contribution < -0.4 is 4.74 Å². The molecule has 3 saturated heterocycles. The molecule has 1 atom stereocenters. The van der Waals surface area contributed by atoms with Crippen LogP contribution >= 0.6 is 22.6 Å². The summed E-state index contributed by atoms with van der Waals surface area (Å²) in [6.07, 6.45) is 2.85. The molecule has 0 unspecified atom stereocenters. The van der Waals surface area contributed by atoms with Gasteiger partial charge in [-0.1, -0.05) is 0 Å². The maximum Gasteiger partial charge on any atom is 0.233 e. The largest absolute Gasteiger partial charge is 0.472 e. The molecule has 3 aliphatic heterocycles. The van der Waals surface area contributed by atoms with Crippen LogP contribution in [0, 0.1) is 9.62 Å². The van der Waals surface area contributed by atoms with E-state index in [1.54, 1.807) is 0 Å². The van der Waals surface area contributed by atoms with Crippen molar-refractivity contribution >= 4 is 22.6 Å². The van der Waals surface area contributed by atoms with Gasteiger partial charge in [0.25, 0.3) is 0 Å². The van der Waals surface area contributed by atoms with Gasteiger partial charge >= 0.3 is 0 Å². The van der Waals surface area contributed by atoms with Crippen molar-refractivity contribution in [3.63, 3.8) is 0 Å². The average Bonchev–Trinajstić information content (AvgIpc) is 2.34. The Morgan fingerprint density at radius 3 is 2.62 bits per heavy atom. The first-order valence-corrected chi connectivity index (χ1v) is 6.77. The summed E-state index contributed by atoms with van der Waals surface area (Å²) in [4.78, 5) is 2.48. The van der Waals surface area contributed by atoms with E-state index in [4.69, 9.17) is 4.74 Å². The molecule has 0 spiro atoms. The lowest BCUT2D eigenvalue weighted by Gasteiger charge is -2.44. The number of hydrogen-bond donors (Lipinski definition) is 0. The molecule has 4 rings (SSSR count). The molecule has 5 heteroatoms. The zero-order valence-electron chi connectivity index (χ0n) is 8.97. The Bertz CT molecular complexity index is 362. The first kappa shape index (κ1) is 10.7. The van der Waals surface area contributed by atoms with Crippen molar-refractivity contribution in [3.8, 4) is 5.88 Å². The summed E-state index contributed by atoms with van der Waals surface area (Å²) in [6.45, 7) is 3.53. The van der Waals surface area contributed by atoms with Crippen LogP contribution in [0.5, 0.6) is 5.88 Å². The summed E-state index contributed by atoms with van der Waals surface area (Å²) in [7, 11) is 0. The van der Waals surface area contributed by atoms with Crippen LogP contribution in [0.2, 0.25) is 0 Å². The molecular formula is C11H14IN3O. The zero-order chi connectivity index (χ0) is 11.0. The lowest BCUT2D eigenvalue weighted by atomic mass is 9.86. The number of halogens is 1. The van der Waals surface area contributed by atoms with Gasteiger partial charge in [0.2, 0.25) is 5.88 Å². The van der Waals surface area contributed by atoms with Crippen LogP contribution in [-0.2, 0) is 0 Å². The van der Waals surface area contributed by atoms with E-state index in [9.17, 15) is 0 Å². The minimum absolute atomic E-state index is 0.317. The fourth-order valence-electron chi connectivity index (χ4n) is 2.57. The van der Waals surface area contributed by atoms with Gasteiger partial charge < -0.3 is 4.74 Å². The number of nitrogens with zero attached hydrogens (tertiary/aromatic N) is 3. The third kappa shape index (κ3) is 2.15. The molecule has 86 valence electrons. The van der Waals surface area contributed by atoms with Crippen LogP contribution in [0.15, 0.2) is 12.1 Å². The number of ether oxygens (including phenoxy) is 1. The third-order valence-corrected chi connectivity index (χ3v) is 4.05. The van der Waals surface area contributed by atoms with E-state index in [0.717, 1.165) is 10.2 Å². The molecule has 4 nitrogen and oxygen atoms in total. The summed E-state index contributed by atoms with van der Waals surface area (Å²) in [5.74, 6) is 1.38. The number of fused-ring (bicyclic) bond motifs is 3. The topological polar surface area (TPSA) is 38.2 Å². The Morgan fingerprint density at radius 2 is 2.06 bits per heavy atom. The fraction of sp³-hybridized carbons (Fsp3) is 0.636. The number of hydrogen-bond acceptors (Lipinski definition) is 4. The van der Waals surface area contributed by atoms with Gasteiger partial charge in [-0.3, -0.25) is 4.90 Å². The van der Waals surface area contributed by atoms with Crippen molar-refractivity contribution in [2.24, 2.45) is 5.92 Å². The number of rotatable bonds is 2. The summed E-state index contributed by atoms with van der Waals surface area (Å²) in [5.41, 5.74) is 0. The first-order chi connectivity index (χ1) is 7.81. The van der Waals surface area contributed by atoms with Crippen molar-refractivity contribution in [2.45, 2.75) is 18.9 Å². The predicted molar refractivity (Wildman–Crippen MR) is 68.3 cm³/mol. The van der Waals surface area contributed by atoms with Gasteiger partial charge in [-0.15, -0.1) is 10.2 Å². The molecule has 16 heavy (non-hydrogen) atoms. The molecular weight excluding hydrogens is 317 g/mol. The lowest BCUT2D eigenvalue weighted by Crippen LogP contribution is -2.52. The lowest BCUT2D eigenvalue weighted by molar-refractivity contribution is -0.0104. The zero-order valence-corrected chi connectivity index (χ0v) is 11.1. The van der Waals surface area contributed by atoms with Crippen molar-refractivity contribution in [1.82, 2.24) is 15.1 Å². The first-order valence-electron chi connectivity index (χ1n) is 5.69. The second-order valence-corrected chi connectivity index (χ2v) is 5.59. The highest BCUT2D eigenvalue weighted by atomic mass is 127. The Morgan fingerprint density at radius 1 is 1.25 bits per heavy atom. The van der Waals surface area contributed by atoms with Gasteiger partial charge in [0, 0.05) is 12.6 Å². The standard InChI is InChI=1S/C11H14IN3O/c12-10-1-2-11(14-13-10)16-9-7-15-5-3-8(9)4-6-15/h1-2,8-9H,3-7H2/t9-/m1/s1. The molecule has 0 N–H and O–H groups in total. The van der Waals surface area contributed by atoms with Crippen LogP contribution in [0.25, 0.3) is 0 Å². The summed E-state index contributed by atoms with van der Waals surface area (Å²) in [5, 5.41) is 8.06. The summed E-state index contributed by atoms with van der Waals surface area (Å²) >= 11 is 2.15. The molecule has 2 bridgehead atoms. The maximum absolute atomic E-state index is 5.93. The maximum atomic E-state index is 5.93. The van der Waals surface area contributed by atoms with Crippen LogP contribution in [0.1, 0.15) is 12.8 Å². The fourth-order valence-corrected chi connectivity index (χ4v) is 2.85. The highest BCUT2D eigenvalue weighted by Crippen LogP contribution is 2.29. The SMILES string of the molecule is Ic1ccc(O[C@@H]2CN3CCC2CC3)nn1. The molecule has 0 aromatic carbocycles. The van der Waals surface area contributed by atoms with E-state index in [-0.39, 0.29) is 0 Å². The van der Waals surface area contributed by atoms with Gasteiger partial charge in [0.1, 0.15) is 9.80 Å². The average molecular weight is 331 g/mol. The smallest absolute Gasteiger partial charge is 0.233 e. The normalized spacial score (nSPS) is 32.7. The molecule has 1 aromatic heterocycles. The van der Waals surface area contributed by atoms with Gasteiger partial charge in [-0.25, -0.2) is 0 Å². The van der Waals surface area contributed by atoms with Crippen molar-refractivity contribution in [1.29, 1.82) is 0 Å². The third-order valence-electron chi connectivity index (χ3n) is 3.48. The predicted octanol–water partition coefficient (Wildman–Crippen LogP) is 1.55. The minimum atomic E-state index is 0.317. The van der Waals surface area contributed by atoms with Crippen molar-refractivity contribution in [2.75, 3.05) is 19.6 Å². The van der Waals surface area contributed by atoms with Crippen molar-refractivity contribution in [3.05, 3.63) is 15.8 Å². The molecule has 0 saturated carbocycles. The van der Waals surface area contributed by atoms with Gasteiger partial charge in [-0.05, 0) is 60.5 Å². The summed E-state index contributed by atoms with van der Waals surface area (Å²) in [6, 6.07) is 3.84. The summed E-state index contributed by atoms with van der Waals surface area (Å²) < 4.78 is 6.83. The molecule has 1 aromatic rings. The van der Waals surface area contributed by atoms with E-state index >= 15 is 0 Å². The van der Waals surface area contributed by atoms with E-state index in [0.29, 0.717) is 17.9 Å². The van der Waals surface area contributed by atoms with E-state index < -0.39 is 0 Å². The Labute approximate surface area is 109 Å². The molecule has 3 fully saturated rings. The second kappa shape index (κ2) is 4.44. The molecule has 0 radical (unpaired) electrons. The van der Waals surface area contributed by atoms with Crippen LogP contribution in [0.3, 0.4) is 0 Å². The number of piperidine rings is 3.